The average molecular weight is 208 g/mol. The third-order valence-corrected chi connectivity index (χ3v) is 2.26. The first-order chi connectivity index (χ1) is 7.33. The summed E-state index contributed by atoms with van der Waals surface area (Å²) in [5.41, 5.74) is 1.14. The maximum absolute atomic E-state index is 4.28. The monoisotopic (exact) mass is 208 g/mol. The van der Waals surface area contributed by atoms with Gasteiger partial charge in [-0.25, -0.2) is 9.97 Å². The largest absolute Gasteiger partial charge is 0.353 e. The van der Waals surface area contributed by atoms with Crippen LogP contribution in [0.25, 0.3) is 0 Å². The Bertz CT molecular complexity index is 300. The first-order valence-corrected chi connectivity index (χ1v) is 5.59. The molecule has 0 spiro atoms. The van der Waals surface area contributed by atoms with Crippen LogP contribution in [0.5, 0.6) is 0 Å². The molecule has 0 N–H and O–H groups in total. The molecular weight excluding hydrogens is 188 g/mol. The van der Waals surface area contributed by atoms with Gasteiger partial charge in [-0.05, 0) is 6.42 Å². The number of rotatable bonds is 2. The minimum absolute atomic E-state index is 0.932. The van der Waals surface area contributed by atoms with Gasteiger partial charge >= 0.3 is 0 Å². The summed E-state index contributed by atoms with van der Waals surface area (Å²) >= 11 is 0. The highest BCUT2D eigenvalue weighted by molar-refractivity contribution is 5.70. The first-order valence-electron chi connectivity index (χ1n) is 5.59. The fourth-order valence-corrected chi connectivity index (χ4v) is 1.67. The molecular formula is C11H20N4. The van der Waals surface area contributed by atoms with Crippen LogP contribution in [-0.4, -0.2) is 30.2 Å². The van der Waals surface area contributed by atoms with Crippen molar-refractivity contribution >= 4 is 11.5 Å². The zero-order valence-corrected chi connectivity index (χ0v) is 10.1. The molecule has 0 saturated carbocycles. The molecule has 0 amide bonds. The van der Waals surface area contributed by atoms with E-state index >= 15 is 0 Å². The Balaban J connectivity index is 0.000000531. The van der Waals surface area contributed by atoms with Crippen molar-refractivity contribution in [2.45, 2.75) is 27.2 Å². The van der Waals surface area contributed by atoms with Crippen molar-refractivity contribution in [3.05, 3.63) is 12.5 Å². The normalized spacial score (nSPS) is 13.3. The molecule has 2 rings (SSSR count). The van der Waals surface area contributed by atoms with Crippen LogP contribution in [0.15, 0.2) is 12.5 Å². The molecule has 1 aliphatic heterocycles. The second-order valence-electron chi connectivity index (χ2n) is 3.33. The predicted molar refractivity (Wildman–Crippen MR) is 64.3 cm³/mol. The summed E-state index contributed by atoms with van der Waals surface area (Å²) in [6.45, 7) is 8.18. The van der Waals surface area contributed by atoms with E-state index in [1.165, 1.54) is 0 Å². The molecule has 0 aromatic carbocycles. The summed E-state index contributed by atoms with van der Waals surface area (Å²) in [6, 6.07) is 0. The van der Waals surface area contributed by atoms with E-state index in [9.17, 15) is 0 Å². The van der Waals surface area contributed by atoms with Gasteiger partial charge in [0.25, 0.3) is 0 Å². The molecule has 0 radical (unpaired) electrons. The van der Waals surface area contributed by atoms with Crippen LogP contribution in [0, 0.1) is 0 Å². The maximum Gasteiger partial charge on any atom is 0.157 e. The Hall–Kier alpha value is -1.32. The first kappa shape index (κ1) is 11.8. The van der Waals surface area contributed by atoms with Crippen molar-refractivity contribution in [3.63, 3.8) is 0 Å². The van der Waals surface area contributed by atoms with Gasteiger partial charge < -0.3 is 9.80 Å². The molecule has 0 aliphatic carbocycles. The molecule has 1 aromatic rings. The minimum Gasteiger partial charge on any atom is -0.353 e. The summed E-state index contributed by atoms with van der Waals surface area (Å²) in [5.74, 6) is 1.07. The SMILES string of the molecule is CC.CCCN1CN(C)c2cncnc21. The van der Waals surface area contributed by atoms with Crippen LogP contribution in [0.2, 0.25) is 0 Å². The highest BCUT2D eigenvalue weighted by atomic mass is 15.4. The van der Waals surface area contributed by atoms with Gasteiger partial charge in [-0.3, -0.25) is 0 Å². The smallest absolute Gasteiger partial charge is 0.157 e. The number of hydrogen-bond donors (Lipinski definition) is 0. The van der Waals surface area contributed by atoms with Crippen LogP contribution in [0.1, 0.15) is 27.2 Å². The predicted octanol–water partition coefficient (Wildman–Crippen LogP) is 2.13. The molecule has 84 valence electrons. The second kappa shape index (κ2) is 5.53. The standard InChI is InChI=1S/C9H14N4.C2H6/c1-3-4-13-7-12(2)8-5-10-6-11-9(8)13;1-2/h5-6H,3-4,7H2,1-2H3;1-2H3. The molecule has 0 atom stereocenters. The van der Waals surface area contributed by atoms with E-state index in [0.717, 1.165) is 31.1 Å². The summed E-state index contributed by atoms with van der Waals surface area (Å²) in [6.07, 6.45) is 4.63. The summed E-state index contributed by atoms with van der Waals surface area (Å²) in [7, 11) is 2.07. The molecule has 0 unspecified atom stereocenters. The van der Waals surface area contributed by atoms with Gasteiger partial charge in [0.2, 0.25) is 0 Å². The van der Waals surface area contributed by atoms with Gasteiger partial charge in [0.15, 0.2) is 5.82 Å². The Labute approximate surface area is 91.9 Å². The molecule has 0 bridgehead atoms. The quantitative estimate of drug-likeness (QED) is 0.745. The fourth-order valence-electron chi connectivity index (χ4n) is 1.67. The highest BCUT2D eigenvalue weighted by Crippen LogP contribution is 2.30. The van der Waals surface area contributed by atoms with Gasteiger partial charge in [0.05, 0.1) is 18.6 Å². The molecule has 1 aliphatic rings. The number of fused-ring (bicyclic) bond motifs is 1. The Morgan fingerprint density at radius 1 is 1.40 bits per heavy atom. The lowest BCUT2D eigenvalue weighted by molar-refractivity contribution is 0.776. The van der Waals surface area contributed by atoms with Gasteiger partial charge in [0, 0.05) is 13.6 Å². The third kappa shape index (κ3) is 2.37. The average Bonchev–Trinajstić information content (AvgIpc) is 2.61. The van der Waals surface area contributed by atoms with Crippen molar-refractivity contribution in [1.82, 2.24) is 9.97 Å². The van der Waals surface area contributed by atoms with Gasteiger partial charge in [-0.2, -0.15) is 0 Å². The molecule has 4 nitrogen and oxygen atoms in total. The van der Waals surface area contributed by atoms with E-state index in [2.05, 4.69) is 33.7 Å². The Morgan fingerprint density at radius 3 is 2.80 bits per heavy atom. The molecule has 0 fully saturated rings. The van der Waals surface area contributed by atoms with Crippen LogP contribution in [-0.2, 0) is 0 Å². The van der Waals surface area contributed by atoms with E-state index in [0.29, 0.717) is 0 Å². The molecule has 2 heterocycles. The number of anilines is 2. The number of nitrogens with zero attached hydrogens (tertiary/aromatic N) is 4. The van der Waals surface area contributed by atoms with E-state index in [-0.39, 0.29) is 0 Å². The molecule has 15 heavy (non-hydrogen) atoms. The van der Waals surface area contributed by atoms with Crippen molar-refractivity contribution in [2.75, 3.05) is 30.1 Å². The van der Waals surface area contributed by atoms with E-state index in [1.54, 1.807) is 6.33 Å². The molecule has 0 saturated heterocycles. The van der Waals surface area contributed by atoms with Crippen LogP contribution >= 0.6 is 0 Å². The lowest BCUT2D eigenvalue weighted by atomic mass is 10.4. The van der Waals surface area contributed by atoms with E-state index in [1.807, 2.05) is 20.0 Å². The van der Waals surface area contributed by atoms with Crippen molar-refractivity contribution in [3.8, 4) is 0 Å². The Kier molecular flexibility index (Phi) is 4.34. The van der Waals surface area contributed by atoms with Crippen LogP contribution < -0.4 is 9.80 Å². The van der Waals surface area contributed by atoms with Crippen molar-refractivity contribution < 1.29 is 0 Å². The number of aromatic nitrogens is 2. The third-order valence-electron chi connectivity index (χ3n) is 2.26. The fraction of sp³-hybridized carbons (Fsp3) is 0.636. The van der Waals surface area contributed by atoms with E-state index in [4.69, 9.17) is 0 Å². The minimum atomic E-state index is 0.932. The zero-order chi connectivity index (χ0) is 11.3. The number of hydrogen-bond acceptors (Lipinski definition) is 4. The Morgan fingerprint density at radius 2 is 2.13 bits per heavy atom. The lowest BCUT2D eigenvalue weighted by Crippen LogP contribution is -2.28. The molecule has 4 heteroatoms. The summed E-state index contributed by atoms with van der Waals surface area (Å²) in [5, 5.41) is 0. The lowest BCUT2D eigenvalue weighted by Gasteiger charge is -2.16. The molecule has 1 aromatic heterocycles. The van der Waals surface area contributed by atoms with Gasteiger partial charge in [0.1, 0.15) is 6.33 Å². The topological polar surface area (TPSA) is 32.3 Å². The highest BCUT2D eigenvalue weighted by Gasteiger charge is 2.23. The van der Waals surface area contributed by atoms with E-state index < -0.39 is 0 Å². The van der Waals surface area contributed by atoms with Crippen LogP contribution in [0.3, 0.4) is 0 Å². The zero-order valence-electron chi connectivity index (χ0n) is 10.1. The van der Waals surface area contributed by atoms with Gasteiger partial charge in [-0.15, -0.1) is 0 Å². The maximum atomic E-state index is 4.28. The summed E-state index contributed by atoms with van der Waals surface area (Å²) < 4.78 is 0. The van der Waals surface area contributed by atoms with Crippen molar-refractivity contribution in [1.29, 1.82) is 0 Å². The van der Waals surface area contributed by atoms with Crippen molar-refractivity contribution in [2.24, 2.45) is 0 Å². The van der Waals surface area contributed by atoms with Crippen LogP contribution in [0.4, 0.5) is 11.5 Å². The van der Waals surface area contributed by atoms with Gasteiger partial charge in [-0.1, -0.05) is 20.8 Å². The summed E-state index contributed by atoms with van der Waals surface area (Å²) in [4.78, 5) is 12.8. The second-order valence-corrected chi connectivity index (χ2v) is 3.33.